The molecule has 1 unspecified atom stereocenters. The molecule has 0 aliphatic carbocycles. The lowest BCUT2D eigenvalue weighted by Crippen LogP contribution is -2.10. The van der Waals surface area contributed by atoms with E-state index in [2.05, 4.69) is 5.73 Å². The van der Waals surface area contributed by atoms with Gasteiger partial charge in [-0.15, -0.1) is 0 Å². The van der Waals surface area contributed by atoms with Crippen molar-refractivity contribution in [2.75, 3.05) is 7.05 Å². The van der Waals surface area contributed by atoms with Crippen molar-refractivity contribution in [3.8, 4) is 0 Å². The van der Waals surface area contributed by atoms with Gasteiger partial charge in [-0.05, 0) is 12.6 Å². The van der Waals surface area contributed by atoms with Crippen molar-refractivity contribution in [3.63, 3.8) is 0 Å². The van der Waals surface area contributed by atoms with Crippen LogP contribution < -0.4 is 11.5 Å². The number of carbonyl (C=O) groups is 1. The summed E-state index contributed by atoms with van der Waals surface area (Å²) >= 11 is 0. The fourth-order valence-electron chi connectivity index (χ4n) is 0.754. The summed E-state index contributed by atoms with van der Waals surface area (Å²) < 4.78 is 0. The van der Waals surface area contributed by atoms with Gasteiger partial charge in [0, 0.05) is 0 Å². The van der Waals surface area contributed by atoms with E-state index in [1.807, 2.05) is 30.3 Å². The Bertz CT molecular complexity index is 211. The maximum absolute atomic E-state index is 10.2. The Morgan fingerprint density at radius 2 is 1.75 bits per heavy atom. The summed E-state index contributed by atoms with van der Waals surface area (Å²) in [5.41, 5.74) is 10.8. The summed E-state index contributed by atoms with van der Waals surface area (Å²) in [6, 6.07) is 8.80. The molecular formula is C9H14N2O. The third kappa shape index (κ3) is 3.27. The summed E-state index contributed by atoms with van der Waals surface area (Å²) in [4.78, 5) is 10.2. The Morgan fingerprint density at radius 3 is 2.17 bits per heavy atom. The van der Waals surface area contributed by atoms with Crippen LogP contribution in [-0.2, 0) is 4.79 Å². The largest absolute Gasteiger partial charge is 0.333 e. The van der Waals surface area contributed by atoms with Crippen LogP contribution in [0.25, 0.3) is 0 Å². The predicted octanol–water partition coefficient (Wildman–Crippen LogP) is 0.460. The van der Waals surface area contributed by atoms with Crippen molar-refractivity contribution in [1.82, 2.24) is 0 Å². The molecule has 1 aromatic carbocycles. The zero-order valence-corrected chi connectivity index (χ0v) is 7.10. The van der Waals surface area contributed by atoms with E-state index in [1.54, 1.807) is 0 Å². The Morgan fingerprint density at radius 1 is 1.25 bits per heavy atom. The first-order chi connectivity index (χ1) is 5.84. The minimum Gasteiger partial charge on any atom is -0.333 e. The smallest absolute Gasteiger partial charge is 0.141 e. The molecule has 1 aromatic rings. The van der Waals surface area contributed by atoms with E-state index in [0.717, 1.165) is 11.8 Å². The molecule has 0 heterocycles. The highest BCUT2D eigenvalue weighted by Crippen LogP contribution is 2.05. The van der Waals surface area contributed by atoms with E-state index in [0.29, 0.717) is 0 Å². The third-order valence-corrected chi connectivity index (χ3v) is 1.33. The van der Waals surface area contributed by atoms with E-state index in [1.165, 1.54) is 7.05 Å². The van der Waals surface area contributed by atoms with Gasteiger partial charge in [0.15, 0.2) is 0 Å². The molecule has 3 heteroatoms. The number of hydrogen-bond donors (Lipinski definition) is 2. The highest BCUT2D eigenvalue weighted by Gasteiger charge is 1.99. The second kappa shape index (κ2) is 6.52. The van der Waals surface area contributed by atoms with Crippen LogP contribution in [0.4, 0.5) is 0 Å². The van der Waals surface area contributed by atoms with E-state index < -0.39 is 6.04 Å². The normalized spacial score (nSPS) is 10.9. The number of carbonyl (C=O) groups excluding carboxylic acids is 1. The van der Waals surface area contributed by atoms with Gasteiger partial charge in [-0.25, -0.2) is 0 Å². The van der Waals surface area contributed by atoms with Gasteiger partial charge in [-0.3, -0.25) is 0 Å². The minimum atomic E-state index is -0.471. The lowest BCUT2D eigenvalue weighted by molar-refractivity contribution is -0.109. The first-order valence-corrected chi connectivity index (χ1v) is 3.68. The predicted molar refractivity (Wildman–Crippen MR) is 49.5 cm³/mol. The lowest BCUT2D eigenvalue weighted by atomic mass is 10.1. The van der Waals surface area contributed by atoms with Crippen molar-refractivity contribution < 1.29 is 4.79 Å². The molecule has 0 fully saturated rings. The molecular weight excluding hydrogens is 152 g/mol. The van der Waals surface area contributed by atoms with Gasteiger partial charge in [-0.2, -0.15) is 0 Å². The minimum absolute atomic E-state index is 0.471. The van der Waals surface area contributed by atoms with Gasteiger partial charge in [0.2, 0.25) is 0 Å². The van der Waals surface area contributed by atoms with Crippen molar-refractivity contribution >= 4 is 6.29 Å². The molecule has 4 N–H and O–H groups in total. The van der Waals surface area contributed by atoms with Crippen LogP contribution in [0.2, 0.25) is 0 Å². The van der Waals surface area contributed by atoms with Crippen LogP contribution in [0.15, 0.2) is 30.3 Å². The average Bonchev–Trinajstić information content (AvgIpc) is 2.21. The summed E-state index contributed by atoms with van der Waals surface area (Å²) in [5, 5.41) is 0. The monoisotopic (exact) mass is 166 g/mol. The first kappa shape index (κ1) is 10.8. The van der Waals surface area contributed by atoms with Crippen LogP contribution in [0.3, 0.4) is 0 Å². The summed E-state index contributed by atoms with van der Waals surface area (Å²) in [7, 11) is 1.50. The molecule has 12 heavy (non-hydrogen) atoms. The van der Waals surface area contributed by atoms with Crippen LogP contribution in [0.5, 0.6) is 0 Å². The molecule has 0 amide bonds. The quantitative estimate of drug-likeness (QED) is 0.627. The number of aldehydes is 1. The number of hydrogen-bond acceptors (Lipinski definition) is 3. The summed E-state index contributed by atoms with van der Waals surface area (Å²) in [6.45, 7) is 0. The van der Waals surface area contributed by atoms with Crippen molar-refractivity contribution in [3.05, 3.63) is 35.9 Å². The van der Waals surface area contributed by atoms with Gasteiger partial charge < -0.3 is 16.3 Å². The number of nitrogens with two attached hydrogens (primary N) is 2. The maximum atomic E-state index is 10.2. The number of benzene rings is 1. The van der Waals surface area contributed by atoms with Crippen LogP contribution in [0, 0.1) is 0 Å². The standard InChI is InChI=1S/C8H9NO.CH5N/c9-8(6-10)7-4-2-1-3-5-7;1-2/h1-6,8H,9H2;2H2,1H3. The maximum Gasteiger partial charge on any atom is 0.141 e. The second-order valence-corrected chi connectivity index (χ2v) is 2.07. The molecule has 0 saturated heterocycles. The Hall–Kier alpha value is -1.19. The molecule has 0 aliphatic heterocycles. The first-order valence-electron chi connectivity index (χ1n) is 3.68. The number of rotatable bonds is 2. The molecule has 0 aromatic heterocycles. The fourth-order valence-corrected chi connectivity index (χ4v) is 0.754. The van der Waals surface area contributed by atoms with Crippen LogP contribution >= 0.6 is 0 Å². The topological polar surface area (TPSA) is 69.1 Å². The molecule has 0 saturated carbocycles. The molecule has 3 nitrogen and oxygen atoms in total. The molecule has 66 valence electrons. The zero-order chi connectivity index (χ0) is 9.40. The zero-order valence-electron chi connectivity index (χ0n) is 7.10. The summed E-state index contributed by atoms with van der Waals surface area (Å²) in [5.74, 6) is 0. The fraction of sp³-hybridized carbons (Fsp3) is 0.222. The van der Waals surface area contributed by atoms with E-state index in [4.69, 9.17) is 5.73 Å². The highest BCUT2D eigenvalue weighted by atomic mass is 16.1. The van der Waals surface area contributed by atoms with Crippen molar-refractivity contribution in [1.29, 1.82) is 0 Å². The van der Waals surface area contributed by atoms with E-state index in [-0.39, 0.29) is 0 Å². The molecule has 0 radical (unpaired) electrons. The van der Waals surface area contributed by atoms with Gasteiger partial charge >= 0.3 is 0 Å². The van der Waals surface area contributed by atoms with Crippen LogP contribution in [0.1, 0.15) is 11.6 Å². The van der Waals surface area contributed by atoms with E-state index in [9.17, 15) is 4.79 Å². The van der Waals surface area contributed by atoms with Gasteiger partial charge in [-0.1, -0.05) is 30.3 Å². The van der Waals surface area contributed by atoms with Crippen molar-refractivity contribution in [2.24, 2.45) is 11.5 Å². The van der Waals surface area contributed by atoms with Crippen molar-refractivity contribution in [2.45, 2.75) is 6.04 Å². The molecule has 1 rings (SSSR count). The lowest BCUT2D eigenvalue weighted by Gasteiger charge is -2.00. The molecule has 1 atom stereocenters. The SMILES string of the molecule is CN.NC(C=O)c1ccccc1. The van der Waals surface area contributed by atoms with E-state index >= 15 is 0 Å². The molecule has 0 bridgehead atoms. The average molecular weight is 166 g/mol. The van der Waals surface area contributed by atoms with Gasteiger partial charge in [0.25, 0.3) is 0 Å². The summed E-state index contributed by atoms with van der Waals surface area (Å²) in [6.07, 6.45) is 0.731. The second-order valence-electron chi connectivity index (χ2n) is 2.07. The third-order valence-electron chi connectivity index (χ3n) is 1.33. The molecule has 0 spiro atoms. The molecule has 0 aliphatic rings. The van der Waals surface area contributed by atoms with Gasteiger partial charge in [0.05, 0.1) is 6.04 Å². The Kier molecular flexibility index (Phi) is 5.87. The Balaban J connectivity index is 0.000000561. The Labute approximate surface area is 72.4 Å². The van der Waals surface area contributed by atoms with Crippen LogP contribution in [-0.4, -0.2) is 13.3 Å². The highest BCUT2D eigenvalue weighted by molar-refractivity contribution is 5.60. The van der Waals surface area contributed by atoms with Gasteiger partial charge in [0.1, 0.15) is 6.29 Å².